The Labute approximate surface area is 95.1 Å². The molecule has 0 saturated carbocycles. The number of likely N-dealkylation sites (tertiary alicyclic amines) is 1. The lowest BCUT2D eigenvalue weighted by atomic mass is 9.87. The fourth-order valence-electron chi connectivity index (χ4n) is 2.96. The summed E-state index contributed by atoms with van der Waals surface area (Å²) in [5.41, 5.74) is -0.833. The smallest absolute Gasteiger partial charge is 0.308 e. The van der Waals surface area contributed by atoms with Gasteiger partial charge in [0.2, 0.25) is 5.91 Å². The molecule has 2 aliphatic rings. The summed E-state index contributed by atoms with van der Waals surface area (Å²) in [5.74, 6) is -0.0592. The number of carbonyl (C=O) groups excluding carboxylic acids is 2. The lowest BCUT2D eigenvalue weighted by Crippen LogP contribution is -2.53. The summed E-state index contributed by atoms with van der Waals surface area (Å²) in [7, 11) is 3.49. The van der Waals surface area contributed by atoms with E-state index >= 15 is 0 Å². The van der Waals surface area contributed by atoms with E-state index in [0.717, 1.165) is 0 Å². The van der Waals surface area contributed by atoms with Crippen LogP contribution in [0.1, 0.15) is 20.3 Å². The zero-order chi connectivity index (χ0) is 12.1. The number of likely N-dealkylation sites (N-methyl/N-ethyl adjacent to an activating group) is 2. The lowest BCUT2D eigenvalue weighted by molar-refractivity contribution is -0.144. The van der Waals surface area contributed by atoms with Gasteiger partial charge in [-0.05, 0) is 13.0 Å². The zero-order valence-corrected chi connectivity index (χ0v) is 10.1. The second-order valence-electron chi connectivity index (χ2n) is 4.96. The van der Waals surface area contributed by atoms with Crippen LogP contribution in [0.3, 0.4) is 0 Å². The van der Waals surface area contributed by atoms with E-state index in [9.17, 15) is 9.59 Å². The largest absolute Gasteiger partial charge is 0.458 e. The molecule has 2 aliphatic heterocycles. The minimum atomic E-state index is -0.833. The summed E-state index contributed by atoms with van der Waals surface area (Å²) in [5, 5.41) is 3.00. The SMILES string of the molecule is CN[C@]12CC(=O)OC1[C@@H](C(C)C)N(C)C2=O. The van der Waals surface area contributed by atoms with Crippen molar-refractivity contribution in [3.8, 4) is 0 Å². The van der Waals surface area contributed by atoms with Crippen molar-refractivity contribution in [1.29, 1.82) is 0 Å². The van der Waals surface area contributed by atoms with Gasteiger partial charge in [-0.25, -0.2) is 0 Å². The quantitative estimate of drug-likeness (QED) is 0.660. The second-order valence-corrected chi connectivity index (χ2v) is 4.96. The number of amides is 1. The van der Waals surface area contributed by atoms with Crippen LogP contribution in [-0.4, -0.2) is 48.6 Å². The summed E-state index contributed by atoms with van der Waals surface area (Å²) < 4.78 is 5.33. The number of nitrogens with one attached hydrogen (secondary N) is 1. The Hall–Kier alpha value is -1.10. The van der Waals surface area contributed by atoms with E-state index in [2.05, 4.69) is 5.32 Å². The minimum absolute atomic E-state index is 0.0357. The van der Waals surface area contributed by atoms with Crippen molar-refractivity contribution in [2.75, 3.05) is 14.1 Å². The molecule has 1 unspecified atom stereocenters. The Balaban J connectivity index is 2.42. The number of fused-ring (bicyclic) bond motifs is 1. The maximum absolute atomic E-state index is 12.2. The maximum atomic E-state index is 12.2. The van der Waals surface area contributed by atoms with Crippen molar-refractivity contribution < 1.29 is 14.3 Å². The van der Waals surface area contributed by atoms with Crippen molar-refractivity contribution >= 4 is 11.9 Å². The predicted octanol–water partition coefficient (Wildman–Crippen LogP) is -0.243. The van der Waals surface area contributed by atoms with Crippen molar-refractivity contribution in [3.05, 3.63) is 0 Å². The highest BCUT2D eigenvalue weighted by Crippen LogP contribution is 2.40. The highest BCUT2D eigenvalue weighted by Gasteiger charge is 2.64. The highest BCUT2D eigenvalue weighted by atomic mass is 16.6. The van der Waals surface area contributed by atoms with Gasteiger partial charge >= 0.3 is 5.97 Å². The second kappa shape index (κ2) is 3.45. The zero-order valence-electron chi connectivity index (χ0n) is 10.1. The summed E-state index contributed by atoms with van der Waals surface area (Å²) >= 11 is 0. The van der Waals surface area contributed by atoms with Crippen LogP contribution in [0.4, 0.5) is 0 Å². The molecule has 0 aliphatic carbocycles. The van der Waals surface area contributed by atoms with E-state index in [1.807, 2.05) is 13.8 Å². The Morgan fingerprint density at radius 1 is 1.50 bits per heavy atom. The maximum Gasteiger partial charge on any atom is 0.308 e. The Morgan fingerprint density at radius 3 is 2.62 bits per heavy atom. The van der Waals surface area contributed by atoms with Gasteiger partial charge < -0.3 is 15.0 Å². The molecular formula is C11H18N2O3. The van der Waals surface area contributed by atoms with E-state index < -0.39 is 5.54 Å². The highest BCUT2D eigenvalue weighted by molar-refractivity contribution is 5.96. The number of carbonyl (C=O) groups is 2. The van der Waals surface area contributed by atoms with E-state index in [0.29, 0.717) is 0 Å². The number of hydrogen-bond acceptors (Lipinski definition) is 4. The van der Waals surface area contributed by atoms with Crippen LogP contribution < -0.4 is 5.32 Å². The molecule has 3 atom stereocenters. The van der Waals surface area contributed by atoms with E-state index in [1.165, 1.54) is 0 Å². The molecular weight excluding hydrogens is 208 g/mol. The first-order chi connectivity index (χ1) is 7.44. The summed E-state index contributed by atoms with van der Waals surface area (Å²) in [6, 6.07) is -0.0357. The van der Waals surface area contributed by atoms with Crippen molar-refractivity contribution in [1.82, 2.24) is 10.2 Å². The summed E-state index contributed by atoms with van der Waals surface area (Å²) in [6.45, 7) is 4.07. The van der Waals surface area contributed by atoms with Gasteiger partial charge in [0.15, 0.2) is 0 Å². The molecule has 0 spiro atoms. The first-order valence-electron chi connectivity index (χ1n) is 5.59. The van der Waals surface area contributed by atoms with Gasteiger partial charge in [0.05, 0.1) is 12.5 Å². The van der Waals surface area contributed by atoms with Crippen LogP contribution >= 0.6 is 0 Å². The molecule has 0 radical (unpaired) electrons. The normalized spacial score (nSPS) is 38.2. The van der Waals surface area contributed by atoms with Gasteiger partial charge in [-0.1, -0.05) is 13.8 Å². The lowest BCUT2D eigenvalue weighted by Gasteiger charge is -2.27. The molecule has 90 valence electrons. The van der Waals surface area contributed by atoms with Gasteiger partial charge in [-0.15, -0.1) is 0 Å². The Bertz CT molecular complexity index is 342. The predicted molar refractivity (Wildman–Crippen MR) is 57.7 cm³/mol. The summed E-state index contributed by atoms with van der Waals surface area (Å²) in [4.78, 5) is 25.3. The number of rotatable bonds is 2. The van der Waals surface area contributed by atoms with Gasteiger partial charge in [-0.2, -0.15) is 0 Å². The molecule has 1 N–H and O–H groups in total. The molecule has 2 heterocycles. The molecule has 0 aromatic rings. The molecule has 5 nitrogen and oxygen atoms in total. The van der Waals surface area contributed by atoms with Crippen molar-refractivity contribution in [2.45, 2.75) is 38.0 Å². The first-order valence-corrected chi connectivity index (χ1v) is 5.59. The fraction of sp³-hybridized carbons (Fsp3) is 0.818. The van der Waals surface area contributed by atoms with Gasteiger partial charge in [0.25, 0.3) is 0 Å². The molecule has 0 aromatic heterocycles. The van der Waals surface area contributed by atoms with E-state index in [4.69, 9.17) is 4.74 Å². The van der Waals surface area contributed by atoms with Crippen LogP contribution in [0.15, 0.2) is 0 Å². The van der Waals surface area contributed by atoms with Gasteiger partial charge in [0.1, 0.15) is 11.6 Å². The molecule has 0 bridgehead atoms. The fourth-order valence-corrected chi connectivity index (χ4v) is 2.96. The van der Waals surface area contributed by atoms with Crippen molar-refractivity contribution in [3.63, 3.8) is 0 Å². The topological polar surface area (TPSA) is 58.6 Å². The monoisotopic (exact) mass is 226 g/mol. The molecule has 2 fully saturated rings. The number of nitrogens with zero attached hydrogens (tertiary/aromatic N) is 1. The van der Waals surface area contributed by atoms with Gasteiger partial charge in [-0.3, -0.25) is 9.59 Å². The van der Waals surface area contributed by atoms with Crippen LogP contribution in [0.5, 0.6) is 0 Å². The van der Waals surface area contributed by atoms with Crippen LogP contribution in [-0.2, 0) is 14.3 Å². The average molecular weight is 226 g/mol. The number of ether oxygens (including phenoxy) is 1. The minimum Gasteiger partial charge on any atom is -0.458 e. The molecule has 2 rings (SSSR count). The van der Waals surface area contributed by atoms with E-state index in [-0.39, 0.29) is 36.4 Å². The van der Waals surface area contributed by atoms with Gasteiger partial charge in [0, 0.05) is 7.05 Å². The average Bonchev–Trinajstić information content (AvgIpc) is 2.62. The first kappa shape index (κ1) is 11.4. The standard InChI is InChI=1S/C11H18N2O3/c1-6(2)8-9-11(12-3,5-7(14)16-9)10(15)13(8)4/h6,8-9,12H,5H2,1-4H3/t8-,9?,11-/m1/s1. The Kier molecular flexibility index (Phi) is 2.45. The molecule has 5 heteroatoms. The third-order valence-electron chi connectivity index (χ3n) is 3.76. The Morgan fingerprint density at radius 2 is 2.12 bits per heavy atom. The number of esters is 1. The third kappa shape index (κ3) is 1.21. The molecule has 2 saturated heterocycles. The van der Waals surface area contributed by atoms with Crippen molar-refractivity contribution in [2.24, 2.45) is 5.92 Å². The molecule has 1 amide bonds. The van der Waals surface area contributed by atoms with Crippen LogP contribution in [0.2, 0.25) is 0 Å². The van der Waals surface area contributed by atoms with Crippen LogP contribution in [0.25, 0.3) is 0 Å². The molecule has 0 aromatic carbocycles. The van der Waals surface area contributed by atoms with E-state index in [1.54, 1.807) is 19.0 Å². The number of hydrogen-bond donors (Lipinski definition) is 1. The third-order valence-corrected chi connectivity index (χ3v) is 3.76. The molecule has 16 heavy (non-hydrogen) atoms. The van der Waals surface area contributed by atoms with Crippen LogP contribution in [0, 0.1) is 5.92 Å². The summed E-state index contributed by atoms with van der Waals surface area (Å²) in [6.07, 6.45) is -0.219.